The van der Waals surface area contributed by atoms with Crippen LogP contribution in [-0.4, -0.2) is 31.6 Å². The van der Waals surface area contributed by atoms with Gasteiger partial charge in [0, 0.05) is 23.3 Å². The van der Waals surface area contributed by atoms with Gasteiger partial charge in [-0.05, 0) is 58.2 Å². The Morgan fingerprint density at radius 1 is 1.45 bits per heavy atom. The van der Waals surface area contributed by atoms with Crippen molar-refractivity contribution in [2.75, 3.05) is 19.4 Å². The molecule has 1 fully saturated rings. The summed E-state index contributed by atoms with van der Waals surface area (Å²) in [6.07, 6.45) is 6.80. The lowest BCUT2D eigenvalue weighted by atomic mass is 10.1. The van der Waals surface area contributed by atoms with Crippen molar-refractivity contribution in [2.45, 2.75) is 56.1 Å². The summed E-state index contributed by atoms with van der Waals surface area (Å²) in [7, 11) is 2.08. The second-order valence-electron chi connectivity index (χ2n) is 5.68. The number of thioether (sulfide) groups is 1. The van der Waals surface area contributed by atoms with Crippen LogP contribution in [0.4, 0.5) is 0 Å². The molecule has 0 saturated carbocycles. The quantitative estimate of drug-likeness (QED) is 0.731. The molecule has 1 aliphatic heterocycles. The maximum Gasteiger partial charge on any atom is 0.0576 e. The fourth-order valence-electron chi connectivity index (χ4n) is 2.68. The van der Waals surface area contributed by atoms with Gasteiger partial charge < -0.3 is 10.1 Å². The number of benzene rings is 1. The normalized spacial score (nSPS) is 20.2. The van der Waals surface area contributed by atoms with Crippen LogP contribution in [0.5, 0.6) is 0 Å². The minimum Gasteiger partial charge on any atom is -0.378 e. The molecule has 1 aromatic rings. The van der Waals surface area contributed by atoms with Crippen LogP contribution >= 0.6 is 11.8 Å². The number of hydrogen-bond donors (Lipinski definition) is 1. The fraction of sp³-hybridized carbons (Fsp3) is 0.647. The molecule has 0 aromatic heterocycles. The number of rotatable bonds is 8. The zero-order valence-corrected chi connectivity index (χ0v) is 13.5. The molecule has 0 bridgehead atoms. The van der Waals surface area contributed by atoms with E-state index in [1.165, 1.54) is 42.6 Å². The van der Waals surface area contributed by atoms with Gasteiger partial charge in [0.05, 0.1) is 6.10 Å². The molecule has 0 spiro atoms. The van der Waals surface area contributed by atoms with Gasteiger partial charge in [-0.25, -0.2) is 0 Å². The zero-order chi connectivity index (χ0) is 14.2. The predicted octanol–water partition coefficient (Wildman–Crippen LogP) is 4.02. The smallest absolute Gasteiger partial charge is 0.0576 e. The van der Waals surface area contributed by atoms with Gasteiger partial charge in [0.1, 0.15) is 0 Å². The SMILES string of the molecule is CNC(CCCC1CCCO1)CSc1cccc(C)c1. The van der Waals surface area contributed by atoms with E-state index in [0.717, 1.165) is 12.4 Å². The molecule has 112 valence electrons. The van der Waals surface area contributed by atoms with Crippen LogP contribution in [0.3, 0.4) is 0 Å². The third kappa shape index (κ3) is 5.47. The predicted molar refractivity (Wildman–Crippen MR) is 87.6 cm³/mol. The van der Waals surface area contributed by atoms with Crippen LogP contribution in [0.1, 0.15) is 37.7 Å². The molecule has 0 aliphatic carbocycles. The van der Waals surface area contributed by atoms with E-state index in [0.29, 0.717) is 12.1 Å². The van der Waals surface area contributed by atoms with Gasteiger partial charge in [0.25, 0.3) is 0 Å². The van der Waals surface area contributed by atoms with Crippen molar-refractivity contribution >= 4 is 11.8 Å². The van der Waals surface area contributed by atoms with Crippen LogP contribution in [0.25, 0.3) is 0 Å². The van der Waals surface area contributed by atoms with Crippen molar-refractivity contribution in [1.29, 1.82) is 0 Å². The molecule has 1 aromatic carbocycles. The largest absolute Gasteiger partial charge is 0.378 e. The molecule has 1 N–H and O–H groups in total. The van der Waals surface area contributed by atoms with E-state index in [9.17, 15) is 0 Å². The minimum absolute atomic E-state index is 0.539. The fourth-order valence-corrected chi connectivity index (χ4v) is 3.85. The van der Waals surface area contributed by atoms with E-state index in [1.54, 1.807) is 0 Å². The maximum atomic E-state index is 5.69. The molecule has 0 radical (unpaired) electrons. The van der Waals surface area contributed by atoms with Gasteiger partial charge in [0.15, 0.2) is 0 Å². The highest BCUT2D eigenvalue weighted by Crippen LogP contribution is 2.22. The summed E-state index contributed by atoms with van der Waals surface area (Å²) in [5, 5.41) is 3.45. The Bertz CT molecular complexity index is 390. The van der Waals surface area contributed by atoms with E-state index in [-0.39, 0.29) is 0 Å². The van der Waals surface area contributed by atoms with E-state index >= 15 is 0 Å². The molecule has 3 heteroatoms. The maximum absolute atomic E-state index is 5.69. The van der Waals surface area contributed by atoms with Gasteiger partial charge in [-0.1, -0.05) is 17.7 Å². The van der Waals surface area contributed by atoms with Crippen molar-refractivity contribution < 1.29 is 4.74 Å². The number of aryl methyl sites for hydroxylation is 1. The summed E-state index contributed by atoms with van der Waals surface area (Å²) >= 11 is 1.96. The second-order valence-corrected chi connectivity index (χ2v) is 6.77. The average molecular weight is 293 g/mol. The molecular formula is C17H27NOS. The lowest BCUT2D eigenvalue weighted by Crippen LogP contribution is -2.27. The summed E-state index contributed by atoms with van der Waals surface area (Å²) in [6, 6.07) is 9.37. The van der Waals surface area contributed by atoms with Gasteiger partial charge in [-0.15, -0.1) is 11.8 Å². The van der Waals surface area contributed by atoms with Gasteiger partial charge in [-0.3, -0.25) is 0 Å². The Morgan fingerprint density at radius 3 is 3.05 bits per heavy atom. The highest BCUT2D eigenvalue weighted by atomic mass is 32.2. The number of nitrogens with one attached hydrogen (secondary N) is 1. The average Bonchev–Trinajstić information content (AvgIpc) is 2.96. The standard InChI is InChI=1S/C17H27NOS/c1-14-6-3-10-17(12-14)20-13-15(18-2)7-4-8-16-9-5-11-19-16/h3,6,10,12,15-16,18H,4-5,7-9,11,13H2,1-2H3. The van der Waals surface area contributed by atoms with Crippen LogP contribution in [-0.2, 0) is 4.74 Å². The molecule has 0 amide bonds. The first-order valence-corrected chi connectivity index (χ1v) is 8.75. The summed E-state index contributed by atoms with van der Waals surface area (Å²) in [4.78, 5) is 1.38. The van der Waals surface area contributed by atoms with Crippen LogP contribution in [0, 0.1) is 6.92 Å². The molecule has 1 saturated heterocycles. The first-order valence-electron chi connectivity index (χ1n) is 7.76. The van der Waals surface area contributed by atoms with Crippen LogP contribution in [0.2, 0.25) is 0 Å². The molecule has 2 unspecified atom stereocenters. The third-order valence-corrected chi connectivity index (χ3v) is 5.11. The van der Waals surface area contributed by atoms with Crippen molar-refractivity contribution in [3.8, 4) is 0 Å². The van der Waals surface area contributed by atoms with Crippen molar-refractivity contribution in [1.82, 2.24) is 5.32 Å². The molecule has 2 rings (SSSR count). The Labute approximate surface area is 127 Å². The summed E-state index contributed by atoms with van der Waals surface area (Å²) in [6.45, 7) is 3.13. The monoisotopic (exact) mass is 293 g/mol. The zero-order valence-electron chi connectivity index (χ0n) is 12.7. The Hall–Kier alpha value is -0.510. The topological polar surface area (TPSA) is 21.3 Å². The highest BCUT2D eigenvalue weighted by molar-refractivity contribution is 7.99. The number of hydrogen-bond acceptors (Lipinski definition) is 3. The van der Waals surface area contributed by atoms with Gasteiger partial charge in [-0.2, -0.15) is 0 Å². The first kappa shape index (κ1) is 15.9. The lowest BCUT2D eigenvalue weighted by molar-refractivity contribution is 0.101. The van der Waals surface area contributed by atoms with Gasteiger partial charge in [0.2, 0.25) is 0 Å². The molecular weight excluding hydrogens is 266 g/mol. The van der Waals surface area contributed by atoms with Crippen LogP contribution < -0.4 is 5.32 Å². The summed E-state index contributed by atoms with van der Waals surface area (Å²) in [5.74, 6) is 1.14. The van der Waals surface area contributed by atoms with Crippen molar-refractivity contribution in [3.63, 3.8) is 0 Å². The van der Waals surface area contributed by atoms with Crippen molar-refractivity contribution in [3.05, 3.63) is 29.8 Å². The molecule has 2 atom stereocenters. The molecule has 1 heterocycles. The highest BCUT2D eigenvalue weighted by Gasteiger charge is 2.15. The molecule has 1 aliphatic rings. The molecule has 2 nitrogen and oxygen atoms in total. The van der Waals surface area contributed by atoms with E-state index in [2.05, 4.69) is 43.6 Å². The van der Waals surface area contributed by atoms with E-state index in [4.69, 9.17) is 4.74 Å². The van der Waals surface area contributed by atoms with E-state index < -0.39 is 0 Å². The Kier molecular flexibility index (Phi) is 6.91. The lowest BCUT2D eigenvalue weighted by Gasteiger charge is -2.17. The number of ether oxygens (including phenoxy) is 1. The summed E-state index contributed by atoms with van der Waals surface area (Å²) in [5.41, 5.74) is 1.34. The first-order chi connectivity index (χ1) is 9.78. The van der Waals surface area contributed by atoms with Gasteiger partial charge >= 0.3 is 0 Å². The van der Waals surface area contributed by atoms with Crippen LogP contribution in [0.15, 0.2) is 29.2 Å². The van der Waals surface area contributed by atoms with E-state index in [1.807, 2.05) is 11.8 Å². The Morgan fingerprint density at radius 2 is 2.35 bits per heavy atom. The van der Waals surface area contributed by atoms with Crippen molar-refractivity contribution in [2.24, 2.45) is 0 Å². The second kappa shape index (κ2) is 8.71. The third-order valence-electron chi connectivity index (χ3n) is 3.95. The molecule has 20 heavy (non-hydrogen) atoms. The summed E-state index contributed by atoms with van der Waals surface area (Å²) < 4.78 is 5.69. The minimum atomic E-state index is 0.539. The Balaban J connectivity index is 1.66.